The van der Waals surface area contributed by atoms with Crippen molar-refractivity contribution in [2.45, 2.75) is 6.17 Å². The van der Waals surface area contributed by atoms with Crippen molar-refractivity contribution < 1.29 is 19.7 Å². The molecule has 1 aliphatic rings. The molecule has 0 aliphatic carbocycles. The van der Waals surface area contributed by atoms with Gasteiger partial charge in [0.05, 0.1) is 18.4 Å². The Morgan fingerprint density at radius 2 is 1.95 bits per heavy atom. The number of phenolic OH excluding ortho intramolecular Hbond substituents is 2. The summed E-state index contributed by atoms with van der Waals surface area (Å²) >= 11 is 5.95. The fourth-order valence-corrected chi connectivity index (χ4v) is 2.51. The van der Waals surface area contributed by atoms with Crippen LogP contribution < -0.4 is 15.4 Å². The molecule has 2 aromatic carbocycles. The summed E-state index contributed by atoms with van der Waals surface area (Å²) in [4.78, 5) is 12.1. The minimum atomic E-state index is -0.584. The molecule has 3 rings (SSSR count). The maximum atomic E-state index is 12.1. The number of nitrogens with one attached hydrogen (secondary N) is 2. The molecule has 2 aromatic rings. The number of aromatic hydroxyl groups is 2. The zero-order chi connectivity index (χ0) is 15.9. The summed E-state index contributed by atoms with van der Waals surface area (Å²) in [5, 5.41) is 25.8. The molecule has 114 valence electrons. The van der Waals surface area contributed by atoms with Crippen LogP contribution in [-0.2, 0) is 0 Å². The molecule has 1 heterocycles. The summed E-state index contributed by atoms with van der Waals surface area (Å²) in [5.41, 5.74) is 1.61. The molecule has 0 radical (unpaired) electrons. The van der Waals surface area contributed by atoms with Crippen molar-refractivity contribution in [3.05, 3.63) is 46.5 Å². The van der Waals surface area contributed by atoms with E-state index in [2.05, 4.69) is 10.6 Å². The van der Waals surface area contributed by atoms with E-state index < -0.39 is 6.17 Å². The summed E-state index contributed by atoms with van der Waals surface area (Å²) in [7, 11) is 1.38. The molecule has 0 saturated heterocycles. The molecule has 1 aliphatic heterocycles. The van der Waals surface area contributed by atoms with Crippen molar-refractivity contribution >= 4 is 23.2 Å². The lowest BCUT2D eigenvalue weighted by Gasteiger charge is -2.28. The smallest absolute Gasteiger partial charge is 0.255 e. The normalized spacial score (nSPS) is 16.5. The molecular formula is C15H13ClN2O4. The Bertz CT molecular complexity index is 763. The number of anilines is 1. The van der Waals surface area contributed by atoms with Crippen LogP contribution in [0.3, 0.4) is 0 Å². The second-order valence-corrected chi connectivity index (χ2v) is 5.27. The number of benzene rings is 2. The first-order valence-electron chi connectivity index (χ1n) is 6.46. The SMILES string of the molecule is COc1cc(C2NC(=O)c3ccc(Cl)cc3N2)cc(O)c1O. The monoisotopic (exact) mass is 320 g/mol. The third kappa shape index (κ3) is 2.37. The molecule has 0 fully saturated rings. The first-order valence-corrected chi connectivity index (χ1v) is 6.84. The molecule has 0 spiro atoms. The van der Waals surface area contributed by atoms with Crippen LogP contribution in [0.15, 0.2) is 30.3 Å². The van der Waals surface area contributed by atoms with E-state index in [1.165, 1.54) is 19.2 Å². The predicted octanol–water partition coefficient (Wildman–Crippen LogP) is 2.61. The number of carbonyl (C=O) groups is 1. The van der Waals surface area contributed by atoms with E-state index in [-0.39, 0.29) is 23.2 Å². The van der Waals surface area contributed by atoms with Gasteiger partial charge in [-0.2, -0.15) is 0 Å². The number of phenols is 2. The van der Waals surface area contributed by atoms with E-state index in [1.54, 1.807) is 18.2 Å². The van der Waals surface area contributed by atoms with Gasteiger partial charge < -0.3 is 25.6 Å². The van der Waals surface area contributed by atoms with Gasteiger partial charge in [-0.1, -0.05) is 11.6 Å². The standard InChI is InChI=1S/C15H13ClN2O4/c1-22-12-5-7(4-11(19)13(12)20)14-17-10-6-8(16)2-3-9(10)15(21)18-14/h2-6,14,17,19-20H,1H3,(H,18,21). The fraction of sp³-hybridized carbons (Fsp3) is 0.133. The number of hydrogen-bond donors (Lipinski definition) is 4. The zero-order valence-electron chi connectivity index (χ0n) is 11.6. The number of amides is 1. The van der Waals surface area contributed by atoms with Gasteiger partial charge in [0.2, 0.25) is 5.75 Å². The van der Waals surface area contributed by atoms with E-state index in [1.807, 2.05) is 0 Å². The van der Waals surface area contributed by atoms with Gasteiger partial charge in [0.1, 0.15) is 6.17 Å². The number of ether oxygens (including phenoxy) is 1. The van der Waals surface area contributed by atoms with Crippen LogP contribution in [0.1, 0.15) is 22.1 Å². The van der Waals surface area contributed by atoms with E-state index in [0.29, 0.717) is 21.8 Å². The van der Waals surface area contributed by atoms with Crippen molar-refractivity contribution in [3.8, 4) is 17.2 Å². The van der Waals surface area contributed by atoms with Crippen LogP contribution in [0, 0.1) is 0 Å². The minimum absolute atomic E-state index is 0.114. The van der Waals surface area contributed by atoms with Crippen LogP contribution in [0.4, 0.5) is 5.69 Å². The lowest BCUT2D eigenvalue weighted by Crippen LogP contribution is -2.38. The number of hydrogen-bond acceptors (Lipinski definition) is 5. The third-order valence-electron chi connectivity index (χ3n) is 3.43. The van der Waals surface area contributed by atoms with Gasteiger partial charge >= 0.3 is 0 Å². The van der Waals surface area contributed by atoms with Gasteiger partial charge in [-0.3, -0.25) is 4.79 Å². The molecule has 1 atom stereocenters. The molecule has 1 amide bonds. The molecule has 4 N–H and O–H groups in total. The van der Waals surface area contributed by atoms with Crippen LogP contribution >= 0.6 is 11.6 Å². The predicted molar refractivity (Wildman–Crippen MR) is 81.6 cm³/mol. The molecule has 6 nitrogen and oxygen atoms in total. The quantitative estimate of drug-likeness (QED) is 0.639. The second kappa shape index (κ2) is 5.31. The summed E-state index contributed by atoms with van der Waals surface area (Å²) in [6, 6.07) is 7.80. The Labute approximate surface area is 131 Å². The van der Waals surface area contributed by atoms with Crippen LogP contribution in [-0.4, -0.2) is 23.2 Å². The van der Waals surface area contributed by atoms with Gasteiger partial charge in [0.25, 0.3) is 5.91 Å². The van der Waals surface area contributed by atoms with E-state index in [0.717, 1.165) is 0 Å². The number of fused-ring (bicyclic) bond motifs is 1. The van der Waals surface area contributed by atoms with E-state index in [4.69, 9.17) is 16.3 Å². The Morgan fingerprint density at radius 3 is 2.68 bits per heavy atom. The van der Waals surface area contributed by atoms with Crippen LogP contribution in [0.5, 0.6) is 17.2 Å². The molecule has 7 heteroatoms. The maximum absolute atomic E-state index is 12.1. The number of carbonyl (C=O) groups excluding carboxylic acids is 1. The Balaban J connectivity index is 2.01. The van der Waals surface area contributed by atoms with E-state index in [9.17, 15) is 15.0 Å². The highest BCUT2D eigenvalue weighted by atomic mass is 35.5. The largest absolute Gasteiger partial charge is 0.504 e. The topological polar surface area (TPSA) is 90.8 Å². The first kappa shape index (κ1) is 14.3. The van der Waals surface area contributed by atoms with E-state index >= 15 is 0 Å². The molecule has 0 bridgehead atoms. The highest BCUT2D eigenvalue weighted by molar-refractivity contribution is 6.31. The van der Waals surface area contributed by atoms with Crippen LogP contribution in [0.25, 0.3) is 0 Å². The summed E-state index contributed by atoms with van der Waals surface area (Å²) < 4.78 is 5.00. The Hall–Kier alpha value is -2.60. The van der Waals surface area contributed by atoms with Crippen molar-refractivity contribution in [3.63, 3.8) is 0 Å². The van der Waals surface area contributed by atoms with Gasteiger partial charge in [-0.15, -0.1) is 0 Å². The van der Waals surface area contributed by atoms with Crippen molar-refractivity contribution in [1.29, 1.82) is 0 Å². The molecular weight excluding hydrogens is 308 g/mol. The average Bonchev–Trinajstić information content (AvgIpc) is 2.49. The highest BCUT2D eigenvalue weighted by Crippen LogP contribution is 2.39. The Morgan fingerprint density at radius 1 is 1.18 bits per heavy atom. The Kier molecular flexibility index (Phi) is 3.46. The summed E-state index contributed by atoms with van der Waals surface area (Å²) in [5.74, 6) is -0.830. The minimum Gasteiger partial charge on any atom is -0.504 e. The molecule has 0 saturated carbocycles. The van der Waals surface area contributed by atoms with Crippen molar-refractivity contribution in [2.75, 3.05) is 12.4 Å². The van der Waals surface area contributed by atoms with Gasteiger partial charge in [-0.25, -0.2) is 0 Å². The lowest BCUT2D eigenvalue weighted by molar-refractivity contribution is 0.0935. The van der Waals surface area contributed by atoms with Gasteiger partial charge in [-0.05, 0) is 30.3 Å². The van der Waals surface area contributed by atoms with Gasteiger partial charge in [0.15, 0.2) is 11.5 Å². The first-order chi connectivity index (χ1) is 10.5. The summed E-state index contributed by atoms with van der Waals surface area (Å²) in [6.07, 6.45) is -0.584. The molecule has 22 heavy (non-hydrogen) atoms. The lowest BCUT2D eigenvalue weighted by atomic mass is 10.0. The average molecular weight is 321 g/mol. The summed E-state index contributed by atoms with van der Waals surface area (Å²) in [6.45, 7) is 0. The molecule has 0 aromatic heterocycles. The zero-order valence-corrected chi connectivity index (χ0v) is 12.3. The maximum Gasteiger partial charge on any atom is 0.255 e. The van der Waals surface area contributed by atoms with Crippen molar-refractivity contribution in [1.82, 2.24) is 5.32 Å². The second-order valence-electron chi connectivity index (χ2n) is 4.83. The molecule has 1 unspecified atom stereocenters. The van der Waals surface area contributed by atoms with Crippen molar-refractivity contribution in [2.24, 2.45) is 0 Å². The number of rotatable bonds is 2. The third-order valence-corrected chi connectivity index (χ3v) is 3.67. The van der Waals surface area contributed by atoms with Gasteiger partial charge in [0, 0.05) is 10.6 Å². The number of methoxy groups -OCH3 is 1. The van der Waals surface area contributed by atoms with Crippen LogP contribution in [0.2, 0.25) is 5.02 Å². The highest BCUT2D eigenvalue weighted by Gasteiger charge is 2.26. The number of halogens is 1. The fourth-order valence-electron chi connectivity index (χ4n) is 2.34.